The van der Waals surface area contributed by atoms with Crippen molar-refractivity contribution in [3.63, 3.8) is 0 Å². The predicted octanol–water partition coefficient (Wildman–Crippen LogP) is 3.67. The molecule has 1 saturated heterocycles. The van der Waals surface area contributed by atoms with E-state index in [2.05, 4.69) is 15.3 Å². The molecule has 1 aliphatic rings. The summed E-state index contributed by atoms with van der Waals surface area (Å²) >= 11 is 1.38. The number of aryl methyl sites for hydroxylation is 1. The lowest BCUT2D eigenvalue weighted by Gasteiger charge is -2.24. The van der Waals surface area contributed by atoms with Crippen molar-refractivity contribution in [2.75, 3.05) is 12.4 Å². The van der Waals surface area contributed by atoms with Crippen LogP contribution >= 0.6 is 11.3 Å². The summed E-state index contributed by atoms with van der Waals surface area (Å²) in [7, 11) is 1.73. The molecule has 1 aromatic carbocycles. The summed E-state index contributed by atoms with van der Waals surface area (Å²) in [5.41, 5.74) is 3.87. The van der Waals surface area contributed by atoms with Gasteiger partial charge in [0.05, 0.1) is 17.7 Å². The fraction of sp³-hybridized carbons (Fsp3) is 0.238. The van der Waals surface area contributed by atoms with E-state index in [9.17, 15) is 9.59 Å². The molecular weight excluding hydrogens is 372 g/mol. The van der Waals surface area contributed by atoms with Crippen molar-refractivity contribution in [3.8, 4) is 11.3 Å². The Kier molecular flexibility index (Phi) is 4.92. The summed E-state index contributed by atoms with van der Waals surface area (Å²) in [5.74, 6) is -0.724. The number of anilines is 1. The van der Waals surface area contributed by atoms with Crippen molar-refractivity contribution < 1.29 is 9.59 Å². The number of pyridine rings is 1. The average molecular weight is 392 g/mol. The van der Waals surface area contributed by atoms with Crippen LogP contribution in [0.15, 0.2) is 54.2 Å². The highest BCUT2D eigenvalue weighted by Crippen LogP contribution is 2.37. The number of hydrogen-bond acceptors (Lipinski definition) is 5. The third kappa shape index (κ3) is 3.41. The Labute approximate surface area is 167 Å². The lowest BCUT2D eigenvalue weighted by atomic mass is 9.94. The Bertz CT molecular complexity index is 1020. The van der Waals surface area contributed by atoms with E-state index in [-0.39, 0.29) is 24.3 Å². The van der Waals surface area contributed by atoms with Gasteiger partial charge in [-0.1, -0.05) is 30.3 Å². The fourth-order valence-electron chi connectivity index (χ4n) is 3.62. The third-order valence-electron chi connectivity index (χ3n) is 5.10. The number of carbonyl (C=O) groups is 2. The van der Waals surface area contributed by atoms with Gasteiger partial charge in [0, 0.05) is 36.8 Å². The van der Waals surface area contributed by atoms with E-state index in [4.69, 9.17) is 0 Å². The summed E-state index contributed by atoms with van der Waals surface area (Å²) in [6.07, 6.45) is 3.57. The molecule has 2 amide bonds. The quantitative estimate of drug-likeness (QED) is 0.735. The maximum atomic E-state index is 13.0. The van der Waals surface area contributed by atoms with Crippen molar-refractivity contribution in [3.05, 3.63) is 65.3 Å². The zero-order valence-corrected chi connectivity index (χ0v) is 16.4. The number of rotatable bonds is 4. The first-order valence-electron chi connectivity index (χ1n) is 9.02. The number of thiazole rings is 1. The minimum atomic E-state index is -0.479. The lowest BCUT2D eigenvalue weighted by molar-refractivity contribution is -0.127. The van der Waals surface area contributed by atoms with Crippen LogP contribution in [0.5, 0.6) is 0 Å². The van der Waals surface area contributed by atoms with Gasteiger partial charge in [0.1, 0.15) is 0 Å². The molecule has 7 heteroatoms. The lowest BCUT2D eigenvalue weighted by Crippen LogP contribution is -2.30. The molecule has 1 fully saturated rings. The van der Waals surface area contributed by atoms with Gasteiger partial charge in [-0.2, -0.15) is 0 Å². The molecule has 28 heavy (non-hydrogen) atoms. The third-order valence-corrected chi connectivity index (χ3v) is 5.86. The average Bonchev–Trinajstić information content (AvgIpc) is 3.28. The van der Waals surface area contributed by atoms with Crippen molar-refractivity contribution in [2.45, 2.75) is 19.4 Å². The van der Waals surface area contributed by atoms with E-state index in [0.29, 0.717) is 5.13 Å². The number of amides is 2. The number of nitrogens with zero attached hydrogens (tertiary/aromatic N) is 3. The second kappa shape index (κ2) is 7.52. The van der Waals surface area contributed by atoms with E-state index in [1.807, 2.05) is 48.7 Å². The van der Waals surface area contributed by atoms with Crippen LogP contribution in [-0.2, 0) is 9.59 Å². The van der Waals surface area contributed by atoms with Gasteiger partial charge in [0.15, 0.2) is 5.13 Å². The number of nitrogens with one attached hydrogen (secondary N) is 1. The molecule has 0 spiro atoms. The normalized spacial score (nSPS) is 19.1. The highest BCUT2D eigenvalue weighted by atomic mass is 32.1. The molecule has 1 N–H and O–H groups in total. The van der Waals surface area contributed by atoms with Gasteiger partial charge in [-0.15, -0.1) is 11.3 Å². The number of benzene rings is 1. The number of hydrogen-bond donors (Lipinski definition) is 1. The fourth-order valence-corrected chi connectivity index (χ4v) is 4.34. The maximum absolute atomic E-state index is 13.0. The van der Waals surface area contributed by atoms with Gasteiger partial charge >= 0.3 is 0 Å². The van der Waals surface area contributed by atoms with E-state index in [1.54, 1.807) is 24.3 Å². The van der Waals surface area contributed by atoms with E-state index in [0.717, 1.165) is 22.4 Å². The smallest absolute Gasteiger partial charge is 0.232 e. The Morgan fingerprint density at radius 3 is 2.82 bits per heavy atom. The van der Waals surface area contributed by atoms with Gasteiger partial charge in [-0.25, -0.2) is 4.98 Å². The van der Waals surface area contributed by atoms with Gasteiger partial charge in [-0.3, -0.25) is 14.6 Å². The maximum Gasteiger partial charge on any atom is 0.232 e. The second-order valence-corrected chi connectivity index (χ2v) is 7.75. The molecule has 3 aromatic rings. The number of aromatic nitrogens is 2. The molecule has 6 nitrogen and oxygen atoms in total. The van der Waals surface area contributed by atoms with Crippen LogP contribution in [0.4, 0.5) is 5.13 Å². The first kappa shape index (κ1) is 18.3. The highest BCUT2D eigenvalue weighted by molar-refractivity contribution is 7.14. The van der Waals surface area contributed by atoms with Crippen LogP contribution in [0.1, 0.15) is 23.6 Å². The van der Waals surface area contributed by atoms with Crippen LogP contribution in [0.25, 0.3) is 11.3 Å². The van der Waals surface area contributed by atoms with Crippen LogP contribution in [0, 0.1) is 12.8 Å². The zero-order chi connectivity index (χ0) is 19.7. The van der Waals surface area contributed by atoms with Crippen molar-refractivity contribution in [1.29, 1.82) is 0 Å². The molecule has 4 rings (SSSR count). The van der Waals surface area contributed by atoms with Gasteiger partial charge in [0.25, 0.3) is 0 Å². The summed E-state index contributed by atoms with van der Waals surface area (Å²) < 4.78 is 0. The minimum Gasteiger partial charge on any atom is -0.338 e. The minimum absolute atomic E-state index is 0.0475. The Morgan fingerprint density at radius 2 is 2.07 bits per heavy atom. The second-order valence-electron chi connectivity index (χ2n) is 6.89. The molecule has 3 heterocycles. The number of likely N-dealkylation sites (tertiary alicyclic amines) is 1. The largest absolute Gasteiger partial charge is 0.338 e. The standard InChI is InChI=1S/C21H20N4O2S/c1-13-6-3-4-8-15(13)17-12-28-21(23-17)24-20(27)16-10-18(26)25(2)19(16)14-7-5-9-22-11-14/h3-9,11-12,16,19H,10H2,1-2H3,(H,23,24,27). The molecule has 1 aliphatic heterocycles. The molecule has 0 aliphatic carbocycles. The Balaban J connectivity index is 1.55. The predicted molar refractivity (Wildman–Crippen MR) is 109 cm³/mol. The highest BCUT2D eigenvalue weighted by Gasteiger charge is 2.43. The van der Waals surface area contributed by atoms with Crippen LogP contribution in [-0.4, -0.2) is 33.7 Å². The summed E-state index contributed by atoms with van der Waals surface area (Å²) in [6, 6.07) is 11.4. The van der Waals surface area contributed by atoms with Crippen LogP contribution in [0.3, 0.4) is 0 Å². The van der Waals surface area contributed by atoms with Crippen LogP contribution in [0.2, 0.25) is 0 Å². The Hall–Kier alpha value is -3.06. The first-order chi connectivity index (χ1) is 13.5. The first-order valence-corrected chi connectivity index (χ1v) is 9.90. The summed E-state index contributed by atoms with van der Waals surface area (Å²) in [5, 5.41) is 5.37. The molecule has 2 aromatic heterocycles. The number of carbonyl (C=O) groups excluding carboxylic acids is 2. The Morgan fingerprint density at radius 1 is 1.25 bits per heavy atom. The zero-order valence-electron chi connectivity index (χ0n) is 15.6. The molecule has 0 bridgehead atoms. The molecule has 0 saturated carbocycles. The molecule has 0 radical (unpaired) electrons. The van der Waals surface area contributed by atoms with Crippen molar-refractivity contribution >= 4 is 28.3 Å². The molecule has 2 atom stereocenters. The van der Waals surface area contributed by atoms with Crippen molar-refractivity contribution in [1.82, 2.24) is 14.9 Å². The molecular formula is C21H20N4O2S. The van der Waals surface area contributed by atoms with Gasteiger partial charge < -0.3 is 10.2 Å². The monoisotopic (exact) mass is 392 g/mol. The molecule has 2 unspecified atom stereocenters. The van der Waals surface area contributed by atoms with E-state index >= 15 is 0 Å². The van der Waals surface area contributed by atoms with E-state index in [1.165, 1.54) is 11.3 Å². The summed E-state index contributed by atoms with van der Waals surface area (Å²) in [4.78, 5) is 35.5. The summed E-state index contributed by atoms with van der Waals surface area (Å²) in [6.45, 7) is 2.03. The van der Waals surface area contributed by atoms with Crippen molar-refractivity contribution in [2.24, 2.45) is 5.92 Å². The van der Waals surface area contributed by atoms with Crippen LogP contribution < -0.4 is 5.32 Å². The van der Waals surface area contributed by atoms with Gasteiger partial charge in [-0.05, 0) is 24.1 Å². The van der Waals surface area contributed by atoms with E-state index < -0.39 is 5.92 Å². The molecule has 142 valence electrons. The van der Waals surface area contributed by atoms with Gasteiger partial charge in [0.2, 0.25) is 11.8 Å². The topological polar surface area (TPSA) is 75.2 Å². The SMILES string of the molecule is Cc1ccccc1-c1csc(NC(=O)C2CC(=O)N(C)C2c2cccnc2)n1.